The van der Waals surface area contributed by atoms with E-state index in [0.29, 0.717) is 6.42 Å². The number of carboxylic acids is 1. The maximum absolute atomic E-state index is 13.2. The molecule has 12 heteroatoms. The Morgan fingerprint density at radius 3 is 1.97 bits per heavy atom. The van der Waals surface area contributed by atoms with Gasteiger partial charge < -0.3 is 38.3 Å². The summed E-state index contributed by atoms with van der Waals surface area (Å²) < 4.78 is 0. The molecule has 0 saturated carbocycles. The number of nitrogens with two attached hydrogens (primary N) is 3. The number of carbonyl (C=O) groups is 4. The molecule has 10 N–H and O–H groups in total. The molecule has 36 heavy (non-hydrogen) atoms. The lowest BCUT2D eigenvalue weighted by atomic mass is 10.0. The summed E-state index contributed by atoms with van der Waals surface area (Å²) in [5, 5.41) is 17.3. The molecule has 0 aliphatic rings. The molecule has 0 spiro atoms. The minimum atomic E-state index is -1.17. The van der Waals surface area contributed by atoms with Gasteiger partial charge in [0.1, 0.15) is 18.1 Å². The normalized spacial score (nSPS) is 14.1. The summed E-state index contributed by atoms with van der Waals surface area (Å²) in [6, 6.07) is 5.00. The Labute approximate surface area is 211 Å². The zero-order chi connectivity index (χ0) is 27.3. The van der Waals surface area contributed by atoms with Crippen LogP contribution in [0.5, 0.6) is 0 Å². The third-order valence-corrected chi connectivity index (χ3v) is 5.23. The van der Waals surface area contributed by atoms with E-state index in [1.54, 1.807) is 24.3 Å². The summed E-state index contributed by atoms with van der Waals surface area (Å²) >= 11 is 0. The van der Waals surface area contributed by atoms with Crippen LogP contribution in [0.2, 0.25) is 0 Å². The van der Waals surface area contributed by atoms with Gasteiger partial charge in [-0.3, -0.25) is 19.4 Å². The minimum absolute atomic E-state index is 0.0185. The molecule has 0 aliphatic heterocycles. The Morgan fingerprint density at radius 2 is 1.44 bits per heavy atom. The lowest BCUT2D eigenvalue weighted by Gasteiger charge is -2.25. The van der Waals surface area contributed by atoms with Gasteiger partial charge in [-0.2, -0.15) is 0 Å². The molecular weight excluding hydrogens is 466 g/mol. The Morgan fingerprint density at radius 1 is 0.889 bits per heavy atom. The molecule has 1 aromatic carbocycles. The van der Waals surface area contributed by atoms with Gasteiger partial charge in [-0.1, -0.05) is 44.2 Å². The number of nitrogens with zero attached hydrogens (tertiary/aromatic N) is 1. The van der Waals surface area contributed by atoms with Crippen molar-refractivity contribution in [3.05, 3.63) is 35.9 Å². The number of carbonyl (C=O) groups excluding carboxylic acids is 3. The quantitative estimate of drug-likeness (QED) is 0.0908. The predicted molar refractivity (Wildman–Crippen MR) is 137 cm³/mol. The van der Waals surface area contributed by atoms with Crippen LogP contribution in [0.1, 0.15) is 45.6 Å². The van der Waals surface area contributed by atoms with E-state index in [-0.39, 0.29) is 37.7 Å². The van der Waals surface area contributed by atoms with Crippen molar-refractivity contribution in [3.63, 3.8) is 0 Å². The van der Waals surface area contributed by atoms with Crippen LogP contribution in [-0.4, -0.2) is 65.5 Å². The first-order valence-corrected chi connectivity index (χ1v) is 11.9. The van der Waals surface area contributed by atoms with Gasteiger partial charge in [-0.05, 0) is 37.7 Å². The summed E-state index contributed by atoms with van der Waals surface area (Å²) in [7, 11) is 0. The average Bonchev–Trinajstić information content (AvgIpc) is 2.79. The molecule has 1 aromatic rings. The average molecular weight is 506 g/mol. The number of guanidine groups is 1. The molecule has 0 saturated heterocycles. The summed E-state index contributed by atoms with van der Waals surface area (Å²) in [6.07, 6.45) is 0.866. The molecule has 0 heterocycles. The second-order valence-electron chi connectivity index (χ2n) is 9.08. The second kappa shape index (κ2) is 15.4. The van der Waals surface area contributed by atoms with Crippen molar-refractivity contribution in [2.75, 3.05) is 6.54 Å². The molecule has 1 rings (SSSR count). The Bertz CT molecular complexity index is 901. The third kappa shape index (κ3) is 11.6. The van der Waals surface area contributed by atoms with Gasteiger partial charge in [0, 0.05) is 13.0 Å². The number of benzene rings is 1. The van der Waals surface area contributed by atoms with E-state index in [4.69, 9.17) is 17.2 Å². The van der Waals surface area contributed by atoms with Crippen molar-refractivity contribution in [1.29, 1.82) is 0 Å². The maximum Gasteiger partial charge on any atom is 0.326 e. The molecule has 0 radical (unpaired) electrons. The van der Waals surface area contributed by atoms with E-state index >= 15 is 0 Å². The van der Waals surface area contributed by atoms with Crippen molar-refractivity contribution >= 4 is 29.7 Å². The van der Waals surface area contributed by atoms with Gasteiger partial charge in [-0.25, -0.2) is 4.79 Å². The van der Waals surface area contributed by atoms with E-state index in [9.17, 15) is 24.3 Å². The van der Waals surface area contributed by atoms with E-state index in [0.717, 1.165) is 5.56 Å². The van der Waals surface area contributed by atoms with Gasteiger partial charge in [0.05, 0.1) is 6.04 Å². The van der Waals surface area contributed by atoms with Crippen LogP contribution in [0.4, 0.5) is 0 Å². The fourth-order valence-electron chi connectivity index (χ4n) is 3.37. The zero-order valence-corrected chi connectivity index (χ0v) is 21.1. The first-order valence-electron chi connectivity index (χ1n) is 11.9. The summed E-state index contributed by atoms with van der Waals surface area (Å²) in [5.74, 6) is -3.05. The van der Waals surface area contributed by atoms with E-state index < -0.39 is 47.9 Å². The van der Waals surface area contributed by atoms with Gasteiger partial charge >= 0.3 is 5.97 Å². The zero-order valence-electron chi connectivity index (χ0n) is 21.1. The molecule has 0 aromatic heterocycles. The first kappa shape index (κ1) is 30.4. The fraction of sp³-hybridized carbons (Fsp3) is 0.542. The molecule has 12 nitrogen and oxygen atoms in total. The molecule has 0 fully saturated rings. The molecule has 200 valence electrons. The van der Waals surface area contributed by atoms with Crippen molar-refractivity contribution in [2.24, 2.45) is 28.1 Å². The number of nitrogens with one attached hydrogen (secondary N) is 3. The maximum atomic E-state index is 13.2. The van der Waals surface area contributed by atoms with Crippen LogP contribution in [0.25, 0.3) is 0 Å². The Kier molecular flexibility index (Phi) is 12.9. The molecule has 4 unspecified atom stereocenters. The molecule has 4 atom stereocenters. The third-order valence-electron chi connectivity index (χ3n) is 5.23. The number of aliphatic imine (C=N–C) groups is 1. The molecule has 0 bridgehead atoms. The molecule has 0 aliphatic carbocycles. The minimum Gasteiger partial charge on any atom is -0.480 e. The van der Waals surface area contributed by atoms with Gasteiger partial charge in [-0.15, -0.1) is 0 Å². The van der Waals surface area contributed by atoms with Crippen LogP contribution in [-0.2, 0) is 25.6 Å². The van der Waals surface area contributed by atoms with Gasteiger partial charge in [0.15, 0.2) is 5.96 Å². The number of hydrogen-bond acceptors (Lipinski definition) is 6. The molecule has 3 amide bonds. The van der Waals surface area contributed by atoms with E-state index in [1.807, 2.05) is 19.9 Å². The predicted octanol–water partition coefficient (Wildman–Crippen LogP) is -0.785. The number of amides is 3. The number of hydrogen-bond donors (Lipinski definition) is 7. The van der Waals surface area contributed by atoms with Crippen LogP contribution >= 0.6 is 0 Å². The standard InChI is InChI=1S/C24H39N7O5/c1-14(2)12-19(23(35)36)31-21(33)17(10-7-11-28-24(26)27)29-22(34)18(30-20(32)15(3)25)13-16-8-5-4-6-9-16/h4-6,8-9,14-15,17-19H,7,10-13,25H2,1-3H3,(H,29,34)(H,30,32)(H,31,33)(H,35,36)(H4,26,27,28). The van der Waals surface area contributed by atoms with E-state index in [2.05, 4.69) is 20.9 Å². The van der Waals surface area contributed by atoms with E-state index in [1.165, 1.54) is 6.92 Å². The highest BCUT2D eigenvalue weighted by molar-refractivity contribution is 5.94. The van der Waals surface area contributed by atoms with Gasteiger partial charge in [0.2, 0.25) is 17.7 Å². The highest BCUT2D eigenvalue weighted by Gasteiger charge is 2.30. The largest absolute Gasteiger partial charge is 0.480 e. The highest BCUT2D eigenvalue weighted by atomic mass is 16.4. The smallest absolute Gasteiger partial charge is 0.326 e. The first-order chi connectivity index (χ1) is 16.9. The SMILES string of the molecule is CC(C)CC(NC(=O)C(CCCN=C(N)N)NC(=O)C(Cc1ccccc1)NC(=O)C(C)N)C(=O)O. The van der Waals surface area contributed by atoms with Crippen LogP contribution in [0.3, 0.4) is 0 Å². The van der Waals surface area contributed by atoms with Crippen molar-refractivity contribution < 1.29 is 24.3 Å². The summed E-state index contributed by atoms with van der Waals surface area (Å²) in [5.41, 5.74) is 17.1. The Hall–Kier alpha value is -3.67. The van der Waals surface area contributed by atoms with Crippen LogP contribution in [0, 0.1) is 5.92 Å². The highest BCUT2D eigenvalue weighted by Crippen LogP contribution is 2.09. The fourth-order valence-corrected chi connectivity index (χ4v) is 3.37. The van der Waals surface area contributed by atoms with Crippen molar-refractivity contribution in [3.8, 4) is 0 Å². The summed E-state index contributed by atoms with van der Waals surface area (Å²) in [6.45, 7) is 5.39. The van der Waals surface area contributed by atoms with Crippen LogP contribution in [0.15, 0.2) is 35.3 Å². The second-order valence-corrected chi connectivity index (χ2v) is 9.08. The number of carboxylic acid groups (broad SMARTS) is 1. The topological polar surface area (TPSA) is 215 Å². The monoisotopic (exact) mass is 505 g/mol. The number of aliphatic carboxylic acids is 1. The number of rotatable bonds is 15. The Balaban J connectivity index is 3.09. The molecular formula is C24H39N7O5. The van der Waals surface area contributed by atoms with Gasteiger partial charge in [0.25, 0.3) is 0 Å². The van der Waals surface area contributed by atoms with Crippen molar-refractivity contribution in [2.45, 2.75) is 70.6 Å². The lowest BCUT2D eigenvalue weighted by Crippen LogP contribution is -2.57. The van der Waals surface area contributed by atoms with Crippen molar-refractivity contribution in [1.82, 2.24) is 16.0 Å². The van der Waals surface area contributed by atoms with Crippen LogP contribution < -0.4 is 33.2 Å². The lowest BCUT2D eigenvalue weighted by molar-refractivity contribution is -0.142. The summed E-state index contributed by atoms with van der Waals surface area (Å²) in [4.78, 5) is 54.0.